The molecule has 1 saturated heterocycles. The Morgan fingerprint density at radius 3 is 2.18 bits per heavy atom. The average molecular weight is 681 g/mol. The van der Waals surface area contributed by atoms with Crippen LogP contribution in [0.3, 0.4) is 0 Å². The van der Waals surface area contributed by atoms with Gasteiger partial charge in [-0.25, -0.2) is 9.59 Å². The number of aromatic carboxylic acids is 1. The molecule has 0 radical (unpaired) electrons. The summed E-state index contributed by atoms with van der Waals surface area (Å²) in [5.74, 6) is -1.29. The summed E-state index contributed by atoms with van der Waals surface area (Å²) >= 11 is 0. The molecule has 0 spiro atoms. The average Bonchev–Trinajstić information content (AvgIpc) is 3.06. The molecule has 2 atom stereocenters. The highest BCUT2D eigenvalue weighted by Crippen LogP contribution is 2.55. The number of fused-ring (bicyclic) bond motifs is 1. The fraction of sp³-hybridized carbons (Fsp3) is 0.475. The van der Waals surface area contributed by atoms with Crippen LogP contribution in [0.25, 0.3) is 5.57 Å². The molecule has 10 nitrogen and oxygen atoms in total. The Morgan fingerprint density at radius 1 is 0.960 bits per heavy atom. The molecule has 3 aliphatic rings. The Hall–Kier alpha value is -4.91. The quantitative estimate of drug-likeness (QED) is 0.325. The van der Waals surface area contributed by atoms with Crippen LogP contribution in [-0.2, 0) is 19.7 Å². The topological polar surface area (TPSA) is 140 Å². The van der Waals surface area contributed by atoms with E-state index in [-0.39, 0.29) is 34.6 Å². The van der Waals surface area contributed by atoms with Crippen molar-refractivity contribution in [2.45, 2.75) is 84.3 Å². The van der Waals surface area contributed by atoms with Gasteiger partial charge in [-0.15, -0.1) is 0 Å². The van der Waals surface area contributed by atoms with Gasteiger partial charge in [0.15, 0.2) is 0 Å². The van der Waals surface area contributed by atoms with Gasteiger partial charge in [-0.05, 0) is 68.9 Å². The summed E-state index contributed by atoms with van der Waals surface area (Å²) < 4.78 is 5.33. The minimum atomic E-state index is -1.05. The fourth-order valence-electron chi connectivity index (χ4n) is 8.11. The number of carbonyl (C=O) groups is 4. The third kappa shape index (κ3) is 7.18. The maximum atomic E-state index is 14.8. The van der Waals surface area contributed by atoms with Crippen LogP contribution in [0.2, 0.25) is 0 Å². The van der Waals surface area contributed by atoms with Crippen molar-refractivity contribution in [3.8, 4) is 6.07 Å². The number of allylic oxidation sites excluding steroid dienone is 2. The molecule has 2 aliphatic heterocycles. The van der Waals surface area contributed by atoms with Gasteiger partial charge < -0.3 is 25.0 Å². The maximum absolute atomic E-state index is 14.8. The van der Waals surface area contributed by atoms with Crippen LogP contribution < -0.4 is 5.32 Å². The predicted octanol–water partition coefficient (Wildman–Crippen LogP) is 6.34. The van der Waals surface area contributed by atoms with Crippen LogP contribution in [0.4, 0.5) is 4.79 Å². The van der Waals surface area contributed by atoms with Gasteiger partial charge in [-0.1, -0.05) is 81.0 Å². The van der Waals surface area contributed by atoms with Gasteiger partial charge in [-0.3, -0.25) is 9.59 Å². The van der Waals surface area contributed by atoms with Crippen LogP contribution in [0, 0.1) is 22.2 Å². The monoisotopic (exact) mass is 680 g/mol. The number of hydrogen-bond acceptors (Lipinski definition) is 6. The highest BCUT2D eigenvalue weighted by molar-refractivity contribution is 5.91. The van der Waals surface area contributed by atoms with E-state index in [2.05, 4.69) is 38.2 Å². The number of alkyl carbamates (subject to hydrolysis) is 1. The van der Waals surface area contributed by atoms with E-state index in [1.54, 1.807) is 37.8 Å². The first-order valence-electron chi connectivity index (χ1n) is 17.3. The lowest BCUT2D eigenvalue weighted by Crippen LogP contribution is -2.59. The lowest BCUT2D eigenvalue weighted by Gasteiger charge is -2.52. The van der Waals surface area contributed by atoms with Gasteiger partial charge >= 0.3 is 12.1 Å². The van der Waals surface area contributed by atoms with Gasteiger partial charge in [0.2, 0.25) is 11.8 Å². The molecule has 0 bridgehead atoms. The number of likely N-dealkylation sites (tertiary alicyclic amines) is 1. The van der Waals surface area contributed by atoms with Crippen molar-refractivity contribution in [2.75, 3.05) is 26.2 Å². The van der Waals surface area contributed by atoms with E-state index in [1.807, 2.05) is 53.4 Å². The molecule has 2 N–H and O–H groups in total. The van der Waals surface area contributed by atoms with Crippen molar-refractivity contribution >= 4 is 29.5 Å². The molecule has 50 heavy (non-hydrogen) atoms. The molecule has 10 heteroatoms. The molecule has 1 fully saturated rings. The second-order valence-corrected chi connectivity index (χ2v) is 15.5. The molecule has 0 unspecified atom stereocenters. The normalized spacial score (nSPS) is 21.8. The number of benzene rings is 2. The lowest BCUT2D eigenvalue weighted by atomic mass is 9.58. The van der Waals surface area contributed by atoms with E-state index >= 15 is 0 Å². The summed E-state index contributed by atoms with van der Waals surface area (Å²) in [6.07, 6.45) is 5.02. The minimum absolute atomic E-state index is 0.0321. The Kier molecular flexibility index (Phi) is 10.0. The van der Waals surface area contributed by atoms with E-state index in [4.69, 9.17) is 4.74 Å². The van der Waals surface area contributed by atoms with Crippen LogP contribution in [-0.4, -0.2) is 76.6 Å². The lowest BCUT2D eigenvalue weighted by molar-refractivity contribution is -0.144. The third-order valence-electron chi connectivity index (χ3n) is 10.5. The number of nitrogens with zero attached hydrogens (tertiary/aromatic N) is 3. The van der Waals surface area contributed by atoms with E-state index in [0.29, 0.717) is 39.0 Å². The van der Waals surface area contributed by atoms with Gasteiger partial charge in [0, 0.05) is 37.0 Å². The molecule has 264 valence electrons. The fourth-order valence-corrected chi connectivity index (χ4v) is 8.11. The molecule has 3 amide bonds. The second kappa shape index (κ2) is 13.8. The number of carboxylic acid groups (broad SMARTS) is 1. The number of ether oxygens (including phenoxy) is 1. The second-order valence-electron chi connectivity index (χ2n) is 15.5. The number of carboxylic acids is 1. The summed E-state index contributed by atoms with van der Waals surface area (Å²) in [4.78, 5) is 56.0. The van der Waals surface area contributed by atoms with Crippen molar-refractivity contribution in [1.82, 2.24) is 15.1 Å². The van der Waals surface area contributed by atoms with E-state index < -0.39 is 29.1 Å². The highest BCUT2D eigenvalue weighted by Gasteiger charge is 2.51. The molecule has 1 aliphatic carbocycles. The van der Waals surface area contributed by atoms with Crippen molar-refractivity contribution in [3.05, 3.63) is 89.0 Å². The molecule has 0 aromatic heterocycles. The van der Waals surface area contributed by atoms with Crippen molar-refractivity contribution < 1.29 is 29.0 Å². The number of piperidine rings is 1. The smallest absolute Gasteiger partial charge is 0.408 e. The zero-order valence-corrected chi connectivity index (χ0v) is 29.9. The van der Waals surface area contributed by atoms with Crippen LogP contribution in [0.1, 0.15) is 88.7 Å². The molecular formula is C40H48N4O6. The van der Waals surface area contributed by atoms with Crippen molar-refractivity contribution in [1.29, 1.82) is 5.26 Å². The first-order chi connectivity index (χ1) is 23.5. The summed E-state index contributed by atoms with van der Waals surface area (Å²) in [7, 11) is 0. The van der Waals surface area contributed by atoms with Crippen molar-refractivity contribution in [3.63, 3.8) is 0 Å². The third-order valence-corrected chi connectivity index (χ3v) is 10.5. The summed E-state index contributed by atoms with van der Waals surface area (Å²) in [6, 6.07) is 17.7. The Balaban J connectivity index is 1.36. The first-order valence-corrected chi connectivity index (χ1v) is 17.3. The van der Waals surface area contributed by atoms with Crippen LogP contribution in [0.15, 0.2) is 72.3 Å². The largest absolute Gasteiger partial charge is 0.478 e. The zero-order valence-electron chi connectivity index (χ0n) is 29.9. The van der Waals surface area contributed by atoms with Gasteiger partial charge in [0.1, 0.15) is 11.6 Å². The Morgan fingerprint density at radius 2 is 1.60 bits per heavy atom. The Labute approximate surface area is 294 Å². The standard InChI is InChI=1S/C40H48N4O6/c1-37(2,3)50-36(49)42-31(17-22-41)33(45)43-24-20-40(21-25-43,29-10-8-7-9-11-29)35(48)44-23-18-32-38(4,5)30(16-19-39(32,6)26-44)27-12-14-28(15-13-27)34(46)47/h7-16,18,31H,17,19-21,23-26H2,1-6H3,(H,42,49)(H,46,47)/t31-,39+/m0/s1. The van der Waals surface area contributed by atoms with Crippen LogP contribution in [0.5, 0.6) is 0 Å². The summed E-state index contributed by atoms with van der Waals surface area (Å²) in [5, 5.41) is 21.4. The predicted molar refractivity (Wildman–Crippen MR) is 190 cm³/mol. The van der Waals surface area contributed by atoms with E-state index in [1.165, 1.54) is 5.57 Å². The van der Waals surface area contributed by atoms with Gasteiger partial charge in [0.05, 0.1) is 23.5 Å². The summed E-state index contributed by atoms with van der Waals surface area (Å²) in [6.45, 7) is 13.4. The highest BCUT2D eigenvalue weighted by atomic mass is 16.6. The van der Waals surface area contributed by atoms with Crippen molar-refractivity contribution in [2.24, 2.45) is 10.8 Å². The zero-order chi connectivity index (χ0) is 36.5. The minimum Gasteiger partial charge on any atom is -0.478 e. The molecule has 2 aromatic rings. The summed E-state index contributed by atoms with van der Waals surface area (Å²) in [5.41, 5.74) is 2.33. The number of nitrogens with one attached hydrogen (secondary N) is 1. The molecule has 5 rings (SSSR count). The number of rotatable bonds is 7. The number of nitriles is 1. The first kappa shape index (κ1) is 36.4. The number of carbonyl (C=O) groups excluding carboxylic acids is 3. The SMILES string of the molecule is CC(C)(C)OC(=O)N[C@@H](CC#N)C(=O)N1CCC(C(=O)N2CC=C3C(C)(C)C(c4ccc(C(=O)O)cc4)=CC[C@]3(C)C2)(c2ccccc2)CC1. The molecule has 2 aromatic carbocycles. The van der Waals surface area contributed by atoms with E-state index in [0.717, 1.165) is 23.1 Å². The molecular weight excluding hydrogens is 632 g/mol. The number of amides is 3. The van der Waals surface area contributed by atoms with Gasteiger partial charge in [0.25, 0.3) is 0 Å². The molecule has 0 saturated carbocycles. The molecule has 2 heterocycles. The van der Waals surface area contributed by atoms with Gasteiger partial charge in [-0.2, -0.15) is 5.26 Å². The number of hydrogen-bond donors (Lipinski definition) is 2. The van der Waals surface area contributed by atoms with Crippen LogP contribution >= 0.6 is 0 Å². The Bertz CT molecular complexity index is 1740. The maximum Gasteiger partial charge on any atom is 0.408 e. The van der Waals surface area contributed by atoms with E-state index in [9.17, 15) is 29.5 Å².